The fourth-order valence-corrected chi connectivity index (χ4v) is 1.59. The zero-order chi connectivity index (χ0) is 11.9. The average molecular weight is 229 g/mol. The van der Waals surface area contributed by atoms with E-state index in [1.165, 1.54) is 51.4 Å². The summed E-state index contributed by atoms with van der Waals surface area (Å²) in [4.78, 5) is 0. The molecule has 0 aromatic rings. The van der Waals surface area contributed by atoms with E-state index in [4.69, 9.17) is 0 Å². The molecule has 1 aliphatic heterocycles. The van der Waals surface area contributed by atoms with E-state index in [0.29, 0.717) is 0 Å². The van der Waals surface area contributed by atoms with Gasteiger partial charge in [0, 0.05) is 0 Å². The van der Waals surface area contributed by atoms with Crippen LogP contribution in [0.1, 0.15) is 71.1 Å². The van der Waals surface area contributed by atoms with Crippen molar-refractivity contribution in [2.24, 2.45) is 0 Å². The predicted molar refractivity (Wildman–Crippen MR) is 68.2 cm³/mol. The Morgan fingerprint density at radius 1 is 0.750 bits per heavy atom. The molecule has 1 fully saturated rings. The van der Waals surface area contributed by atoms with Gasteiger partial charge in [0.15, 0.2) is 0 Å². The third-order valence-corrected chi connectivity index (χ3v) is 2.70. The average Bonchev–Trinajstić information content (AvgIpc) is 3.14. The van der Waals surface area contributed by atoms with Crippen molar-refractivity contribution in [2.75, 3.05) is 19.8 Å². The lowest BCUT2D eigenvalue weighted by molar-refractivity contribution is 0.186. The highest BCUT2D eigenvalue weighted by atomic mass is 16.6. The summed E-state index contributed by atoms with van der Waals surface area (Å²) in [6, 6.07) is 0. The molecule has 0 bridgehead atoms. The number of ether oxygens (including phenoxy) is 1. The van der Waals surface area contributed by atoms with Crippen molar-refractivity contribution in [1.29, 1.82) is 0 Å². The molecule has 0 N–H and O–H groups in total. The summed E-state index contributed by atoms with van der Waals surface area (Å²) < 4.78 is 4.50. The Balaban J connectivity index is 0.000000635. The van der Waals surface area contributed by atoms with Crippen molar-refractivity contribution in [1.82, 2.24) is 0 Å². The summed E-state index contributed by atoms with van der Waals surface area (Å²) in [5.41, 5.74) is 0. The van der Waals surface area contributed by atoms with Crippen molar-refractivity contribution < 1.29 is 9.84 Å². The molecule has 0 saturated carbocycles. The maximum absolute atomic E-state index is 10.1. The van der Waals surface area contributed by atoms with Gasteiger partial charge in [0.1, 0.15) is 0 Å². The van der Waals surface area contributed by atoms with Crippen molar-refractivity contribution in [3.05, 3.63) is 0 Å². The van der Waals surface area contributed by atoms with Crippen LogP contribution in [0.2, 0.25) is 0 Å². The molecule has 0 spiro atoms. The summed E-state index contributed by atoms with van der Waals surface area (Å²) in [5.74, 6) is 0. The molecule has 2 nitrogen and oxygen atoms in total. The van der Waals surface area contributed by atoms with Gasteiger partial charge in [-0.05, 0) is 6.42 Å². The van der Waals surface area contributed by atoms with Crippen LogP contribution in [0.3, 0.4) is 0 Å². The van der Waals surface area contributed by atoms with E-state index in [1.807, 2.05) is 0 Å². The second-order valence-electron chi connectivity index (χ2n) is 4.50. The largest absolute Gasteiger partial charge is 0.377 e. The summed E-state index contributed by atoms with van der Waals surface area (Å²) in [6.45, 7) is 4.37. The first-order chi connectivity index (χ1) is 7.91. The van der Waals surface area contributed by atoms with E-state index in [0.717, 1.165) is 26.1 Å². The highest BCUT2D eigenvalue weighted by molar-refractivity contribution is 4.46. The zero-order valence-corrected chi connectivity index (χ0v) is 11.0. The number of epoxide rings is 1. The predicted octanol–water partition coefficient (Wildman–Crippen LogP) is 4.35. The molecule has 1 aliphatic rings. The highest BCUT2D eigenvalue weighted by Crippen LogP contribution is 2.10. The molecular weight excluding hydrogens is 200 g/mol. The molecular formula is C14H29O2. The minimum Gasteiger partial charge on any atom is -0.377 e. The van der Waals surface area contributed by atoms with E-state index in [9.17, 15) is 5.11 Å². The number of rotatable bonds is 10. The molecule has 0 aromatic carbocycles. The minimum absolute atomic E-state index is 0.122. The van der Waals surface area contributed by atoms with E-state index in [2.05, 4.69) is 11.7 Å². The Bertz CT molecular complexity index is 101. The Labute approximate surface area is 101 Å². The van der Waals surface area contributed by atoms with Crippen LogP contribution < -0.4 is 0 Å². The number of hydrogen-bond donors (Lipinski definition) is 0. The van der Waals surface area contributed by atoms with Gasteiger partial charge >= 0.3 is 0 Å². The highest BCUT2D eigenvalue weighted by Gasteiger charge is 1.94. The summed E-state index contributed by atoms with van der Waals surface area (Å²) in [6.07, 6.45) is 13.0. The maximum atomic E-state index is 10.1. The molecule has 1 saturated heterocycles. The minimum atomic E-state index is 0.122. The number of unbranched alkanes of at least 4 members (excludes halogenated alkanes) is 9. The van der Waals surface area contributed by atoms with E-state index >= 15 is 0 Å². The van der Waals surface area contributed by atoms with Gasteiger partial charge in [-0.15, -0.1) is 0 Å². The Morgan fingerprint density at radius 3 is 1.44 bits per heavy atom. The van der Waals surface area contributed by atoms with E-state index in [1.54, 1.807) is 0 Å². The van der Waals surface area contributed by atoms with Crippen LogP contribution in [0, 0.1) is 0 Å². The molecule has 1 radical (unpaired) electrons. The van der Waals surface area contributed by atoms with E-state index < -0.39 is 0 Å². The molecule has 0 atom stereocenters. The molecule has 0 unspecified atom stereocenters. The van der Waals surface area contributed by atoms with Crippen LogP contribution in [0.5, 0.6) is 0 Å². The fourth-order valence-electron chi connectivity index (χ4n) is 1.59. The summed E-state index contributed by atoms with van der Waals surface area (Å²) >= 11 is 0. The molecule has 16 heavy (non-hydrogen) atoms. The number of hydrogen-bond acceptors (Lipinski definition) is 1. The smallest absolute Gasteiger partial charge is 0.0822 e. The van der Waals surface area contributed by atoms with E-state index in [-0.39, 0.29) is 6.61 Å². The zero-order valence-electron chi connectivity index (χ0n) is 11.0. The van der Waals surface area contributed by atoms with Crippen LogP contribution in [-0.2, 0) is 9.84 Å². The van der Waals surface area contributed by atoms with Crippen LogP contribution in [0.4, 0.5) is 0 Å². The molecule has 0 aromatic heterocycles. The van der Waals surface area contributed by atoms with Crippen LogP contribution in [0.15, 0.2) is 0 Å². The van der Waals surface area contributed by atoms with Gasteiger partial charge in [0.25, 0.3) is 0 Å². The van der Waals surface area contributed by atoms with Crippen LogP contribution in [0.25, 0.3) is 0 Å². The van der Waals surface area contributed by atoms with Crippen LogP contribution >= 0.6 is 0 Å². The summed E-state index contributed by atoms with van der Waals surface area (Å²) in [5, 5.41) is 10.1. The Morgan fingerprint density at radius 2 is 1.12 bits per heavy atom. The van der Waals surface area contributed by atoms with Crippen molar-refractivity contribution in [3.8, 4) is 0 Å². The fraction of sp³-hybridized carbons (Fsp3) is 1.00. The summed E-state index contributed by atoms with van der Waals surface area (Å²) in [7, 11) is 0. The van der Waals surface area contributed by atoms with Gasteiger partial charge in [-0.1, -0.05) is 64.7 Å². The second-order valence-corrected chi connectivity index (χ2v) is 4.50. The lowest BCUT2D eigenvalue weighted by Gasteiger charge is -2.00. The third kappa shape index (κ3) is 19.5. The first kappa shape index (κ1) is 15.9. The molecule has 0 amide bonds. The van der Waals surface area contributed by atoms with Gasteiger partial charge in [-0.3, -0.25) is 0 Å². The molecule has 1 rings (SSSR count). The molecule has 2 heteroatoms. The molecule has 0 aliphatic carbocycles. The van der Waals surface area contributed by atoms with Gasteiger partial charge in [-0.2, -0.15) is 0 Å². The van der Waals surface area contributed by atoms with Crippen molar-refractivity contribution in [3.63, 3.8) is 0 Å². The second kappa shape index (κ2) is 14.9. The van der Waals surface area contributed by atoms with Crippen molar-refractivity contribution >= 4 is 0 Å². The third-order valence-electron chi connectivity index (χ3n) is 2.70. The topological polar surface area (TPSA) is 32.4 Å². The molecule has 97 valence electrons. The maximum Gasteiger partial charge on any atom is 0.0822 e. The quantitative estimate of drug-likeness (QED) is 0.405. The van der Waals surface area contributed by atoms with Crippen molar-refractivity contribution in [2.45, 2.75) is 71.1 Å². The van der Waals surface area contributed by atoms with Crippen LogP contribution in [-0.4, -0.2) is 19.8 Å². The Kier molecular flexibility index (Phi) is 14.8. The van der Waals surface area contributed by atoms with Gasteiger partial charge in [0.2, 0.25) is 0 Å². The lowest BCUT2D eigenvalue weighted by Crippen LogP contribution is -1.83. The standard InChI is InChI=1S/C12H25O.C2H4O/c1-2-3-4-5-6-7-8-9-10-11-12-13;1-2-3-1/h2-12H2,1H3;1-2H2. The normalized spacial score (nSPS) is 13.1. The van der Waals surface area contributed by atoms with Gasteiger partial charge < -0.3 is 4.74 Å². The Hall–Kier alpha value is -0.0800. The first-order valence-electron chi connectivity index (χ1n) is 7.07. The SMILES string of the molecule is C1CO1.CCCCCCCCCCCC[O]. The lowest BCUT2D eigenvalue weighted by atomic mass is 10.1. The van der Waals surface area contributed by atoms with Gasteiger partial charge in [-0.25, -0.2) is 5.11 Å². The molecule has 1 heterocycles. The monoisotopic (exact) mass is 229 g/mol. The first-order valence-corrected chi connectivity index (χ1v) is 7.07. The van der Waals surface area contributed by atoms with Gasteiger partial charge in [0.05, 0.1) is 19.8 Å².